The molecule has 0 amide bonds. The molecule has 0 aromatic heterocycles. The minimum atomic E-state index is -0.602. The van der Waals surface area contributed by atoms with Crippen LogP contribution >= 0.6 is 23.2 Å². The zero-order valence-corrected chi connectivity index (χ0v) is 17.5. The number of hydrogen-bond donors (Lipinski definition) is 1. The third-order valence-corrected chi connectivity index (χ3v) is 5.79. The number of nitrogens with one attached hydrogen (secondary N) is 1. The lowest BCUT2D eigenvalue weighted by atomic mass is 9.75. The van der Waals surface area contributed by atoms with Crippen LogP contribution in [0, 0.1) is 0 Å². The van der Waals surface area contributed by atoms with E-state index in [4.69, 9.17) is 32.7 Å². The molecule has 150 valence electrons. The van der Waals surface area contributed by atoms with Gasteiger partial charge in [0, 0.05) is 35.9 Å². The smallest absolute Gasteiger partial charge is 0.336 e. The van der Waals surface area contributed by atoms with Gasteiger partial charge in [0.05, 0.1) is 22.2 Å². The number of dihydropyridines is 1. The second-order valence-corrected chi connectivity index (χ2v) is 7.53. The molecule has 0 bridgehead atoms. The van der Waals surface area contributed by atoms with Crippen molar-refractivity contribution in [3.8, 4) is 0 Å². The third-order valence-electron chi connectivity index (χ3n) is 4.95. The molecule has 1 unspecified atom stereocenters. The maximum Gasteiger partial charge on any atom is 0.336 e. The first kappa shape index (κ1) is 20.9. The molecule has 1 aromatic rings. The number of hydrogen-bond acceptors (Lipinski definition) is 5. The van der Waals surface area contributed by atoms with Crippen molar-refractivity contribution in [1.29, 1.82) is 0 Å². The normalized spacial score (nSPS) is 19.4. The maximum atomic E-state index is 12.9. The molecule has 5 nitrogen and oxygen atoms in total. The summed E-state index contributed by atoms with van der Waals surface area (Å²) in [6.45, 7) is 4.69. The van der Waals surface area contributed by atoms with Gasteiger partial charge in [0.1, 0.15) is 6.61 Å². The Hall–Kier alpha value is -1.82. The van der Waals surface area contributed by atoms with Crippen molar-refractivity contribution in [1.82, 2.24) is 5.32 Å². The van der Waals surface area contributed by atoms with Gasteiger partial charge in [-0.3, -0.25) is 4.79 Å². The summed E-state index contributed by atoms with van der Waals surface area (Å²) in [6, 6.07) is 5.26. The molecule has 1 aliphatic heterocycles. The molecular formula is C21H23Cl2NO4. The van der Waals surface area contributed by atoms with Gasteiger partial charge in [-0.25, -0.2) is 4.79 Å². The lowest BCUT2D eigenvalue weighted by molar-refractivity contribution is -0.140. The SMILES string of the molecule is CCOCCOC(=O)C1=C(C)NC2=C(C(=O)CCC2)C1c1cccc(Cl)c1Cl. The van der Waals surface area contributed by atoms with Crippen LogP contribution in [0.4, 0.5) is 0 Å². The topological polar surface area (TPSA) is 64.6 Å². The first-order chi connectivity index (χ1) is 13.5. The summed E-state index contributed by atoms with van der Waals surface area (Å²) in [7, 11) is 0. The molecule has 0 spiro atoms. The van der Waals surface area contributed by atoms with E-state index < -0.39 is 11.9 Å². The van der Waals surface area contributed by atoms with Crippen molar-refractivity contribution in [2.24, 2.45) is 0 Å². The van der Waals surface area contributed by atoms with Crippen LogP contribution in [0.3, 0.4) is 0 Å². The van der Waals surface area contributed by atoms with Gasteiger partial charge in [0.25, 0.3) is 0 Å². The fourth-order valence-electron chi connectivity index (χ4n) is 3.72. The number of rotatable bonds is 6. The highest BCUT2D eigenvalue weighted by Crippen LogP contribution is 2.45. The van der Waals surface area contributed by atoms with E-state index in [0.29, 0.717) is 52.1 Å². The standard InChI is InChI=1S/C21H23Cl2NO4/c1-3-27-10-11-28-21(26)17-12(2)24-15-8-5-9-16(25)19(15)18(17)13-6-4-7-14(22)20(13)23/h4,6-7,18,24H,3,5,8-11H2,1-2H3. The summed E-state index contributed by atoms with van der Waals surface area (Å²) in [6.07, 6.45) is 1.97. The van der Waals surface area contributed by atoms with Crippen molar-refractivity contribution in [3.63, 3.8) is 0 Å². The number of halogens is 2. The van der Waals surface area contributed by atoms with Crippen LogP contribution in [0.1, 0.15) is 44.6 Å². The van der Waals surface area contributed by atoms with E-state index in [1.165, 1.54) is 0 Å². The minimum Gasteiger partial charge on any atom is -0.460 e. The molecule has 28 heavy (non-hydrogen) atoms. The Morgan fingerprint density at radius 1 is 1.25 bits per heavy atom. The molecule has 1 heterocycles. The van der Waals surface area contributed by atoms with Crippen molar-refractivity contribution < 1.29 is 19.1 Å². The lowest BCUT2D eigenvalue weighted by Gasteiger charge is -2.34. The Morgan fingerprint density at radius 3 is 2.79 bits per heavy atom. The molecule has 1 atom stereocenters. The average Bonchev–Trinajstić information content (AvgIpc) is 2.66. The molecule has 2 aliphatic rings. The number of ketones is 1. The highest BCUT2D eigenvalue weighted by molar-refractivity contribution is 6.42. The molecule has 0 fully saturated rings. The second-order valence-electron chi connectivity index (χ2n) is 6.74. The van der Waals surface area contributed by atoms with Crippen molar-refractivity contribution in [2.45, 2.75) is 39.0 Å². The Bertz CT molecular complexity index is 860. The fraction of sp³-hybridized carbons (Fsp3) is 0.429. The van der Waals surface area contributed by atoms with Gasteiger partial charge in [-0.05, 0) is 38.3 Å². The third kappa shape index (κ3) is 4.12. The summed E-state index contributed by atoms with van der Waals surface area (Å²) in [5.41, 5.74) is 3.11. The quantitative estimate of drug-likeness (QED) is 0.537. The van der Waals surface area contributed by atoms with Gasteiger partial charge in [0.15, 0.2) is 5.78 Å². The van der Waals surface area contributed by atoms with Crippen LogP contribution in [0.5, 0.6) is 0 Å². The van der Waals surface area contributed by atoms with E-state index in [0.717, 1.165) is 18.5 Å². The highest BCUT2D eigenvalue weighted by Gasteiger charge is 2.40. The monoisotopic (exact) mass is 423 g/mol. The number of carbonyl (C=O) groups is 2. The van der Waals surface area contributed by atoms with Gasteiger partial charge < -0.3 is 14.8 Å². The van der Waals surface area contributed by atoms with Gasteiger partial charge in [-0.1, -0.05) is 35.3 Å². The number of esters is 1. The predicted molar refractivity (Wildman–Crippen MR) is 108 cm³/mol. The lowest BCUT2D eigenvalue weighted by Crippen LogP contribution is -2.34. The van der Waals surface area contributed by atoms with Crippen molar-refractivity contribution >= 4 is 35.0 Å². The molecule has 0 saturated heterocycles. The summed E-state index contributed by atoms with van der Waals surface area (Å²) in [5, 5.41) is 3.97. The Balaban J connectivity index is 2.04. The first-order valence-corrected chi connectivity index (χ1v) is 10.1. The summed E-state index contributed by atoms with van der Waals surface area (Å²) < 4.78 is 10.7. The van der Waals surface area contributed by atoms with E-state index in [-0.39, 0.29) is 12.4 Å². The van der Waals surface area contributed by atoms with E-state index >= 15 is 0 Å². The van der Waals surface area contributed by atoms with Crippen LogP contribution in [0.2, 0.25) is 10.0 Å². The fourth-order valence-corrected chi connectivity index (χ4v) is 4.14. The van der Waals surface area contributed by atoms with E-state index in [9.17, 15) is 9.59 Å². The number of ether oxygens (including phenoxy) is 2. The van der Waals surface area contributed by atoms with Crippen LogP contribution in [-0.2, 0) is 19.1 Å². The molecule has 1 aliphatic carbocycles. The van der Waals surface area contributed by atoms with E-state index in [2.05, 4.69) is 5.32 Å². The van der Waals surface area contributed by atoms with Crippen molar-refractivity contribution in [3.05, 3.63) is 56.3 Å². The summed E-state index contributed by atoms with van der Waals surface area (Å²) >= 11 is 12.7. The average molecular weight is 424 g/mol. The Morgan fingerprint density at radius 2 is 2.04 bits per heavy atom. The zero-order valence-electron chi connectivity index (χ0n) is 15.9. The minimum absolute atomic E-state index is 0.0157. The maximum absolute atomic E-state index is 12.9. The van der Waals surface area contributed by atoms with Crippen LogP contribution in [0.25, 0.3) is 0 Å². The van der Waals surface area contributed by atoms with Gasteiger partial charge in [0.2, 0.25) is 0 Å². The van der Waals surface area contributed by atoms with Crippen LogP contribution < -0.4 is 5.32 Å². The molecule has 7 heteroatoms. The number of benzene rings is 1. The zero-order chi connectivity index (χ0) is 20.3. The highest BCUT2D eigenvalue weighted by atomic mass is 35.5. The molecular weight excluding hydrogens is 401 g/mol. The Kier molecular flexibility index (Phi) is 6.81. The van der Waals surface area contributed by atoms with Crippen molar-refractivity contribution in [2.75, 3.05) is 19.8 Å². The summed E-state index contributed by atoms with van der Waals surface area (Å²) in [5.74, 6) is -1.08. The second kappa shape index (κ2) is 9.12. The molecule has 3 rings (SSSR count). The largest absolute Gasteiger partial charge is 0.460 e. The first-order valence-electron chi connectivity index (χ1n) is 9.38. The molecule has 1 N–H and O–H groups in total. The predicted octanol–water partition coefficient (Wildman–Crippen LogP) is 4.54. The number of Topliss-reactive ketones (excluding diaryl/α,β-unsaturated/α-hetero) is 1. The number of allylic oxidation sites excluding steroid dienone is 3. The molecule has 1 aromatic carbocycles. The van der Waals surface area contributed by atoms with Gasteiger partial charge >= 0.3 is 5.97 Å². The molecule has 0 radical (unpaired) electrons. The van der Waals surface area contributed by atoms with Crippen LogP contribution in [-0.4, -0.2) is 31.6 Å². The number of carbonyl (C=O) groups excluding carboxylic acids is 2. The van der Waals surface area contributed by atoms with E-state index in [1.807, 2.05) is 13.8 Å². The van der Waals surface area contributed by atoms with Gasteiger partial charge in [-0.15, -0.1) is 0 Å². The van der Waals surface area contributed by atoms with Crippen LogP contribution in [0.15, 0.2) is 40.7 Å². The Labute approximate surface area is 174 Å². The molecule has 0 saturated carbocycles. The van der Waals surface area contributed by atoms with Gasteiger partial charge in [-0.2, -0.15) is 0 Å². The summed E-state index contributed by atoms with van der Waals surface area (Å²) in [4.78, 5) is 25.8. The van der Waals surface area contributed by atoms with E-state index in [1.54, 1.807) is 18.2 Å².